The van der Waals surface area contributed by atoms with Crippen LogP contribution in [0.1, 0.15) is 18.1 Å². The lowest BCUT2D eigenvalue weighted by atomic mass is 9.94. The molecule has 0 fully saturated rings. The highest BCUT2D eigenvalue weighted by molar-refractivity contribution is 5.78. The molecule has 5 nitrogen and oxygen atoms in total. The van der Waals surface area contributed by atoms with Crippen LogP contribution in [0.15, 0.2) is 36.4 Å². The van der Waals surface area contributed by atoms with Crippen molar-refractivity contribution in [1.29, 1.82) is 0 Å². The second-order valence-electron chi connectivity index (χ2n) is 6.27. The monoisotopic (exact) mass is 343 g/mol. The Labute approximate surface area is 144 Å². The number of benzene rings is 2. The highest BCUT2D eigenvalue weighted by Crippen LogP contribution is 2.37. The van der Waals surface area contributed by atoms with Crippen molar-refractivity contribution in [3.05, 3.63) is 53.3 Å². The lowest BCUT2D eigenvalue weighted by Gasteiger charge is -2.35. The SMILES string of the molecule is CC1Cc2cc3c(cc2CN1C(=O)COc1ccccc1F)OCO3. The van der Waals surface area contributed by atoms with Crippen LogP contribution in [0.3, 0.4) is 0 Å². The summed E-state index contributed by atoms with van der Waals surface area (Å²) in [6, 6.07) is 10.0. The normalized spacial score (nSPS) is 18.0. The average molecular weight is 343 g/mol. The number of fused-ring (bicyclic) bond motifs is 2. The Hall–Kier alpha value is -2.76. The summed E-state index contributed by atoms with van der Waals surface area (Å²) >= 11 is 0. The molecule has 130 valence electrons. The predicted octanol–water partition coefficient (Wildman–Crippen LogP) is 2.91. The number of nitrogens with zero attached hydrogens (tertiary/aromatic N) is 1. The molecule has 1 amide bonds. The quantitative estimate of drug-likeness (QED) is 0.860. The van der Waals surface area contributed by atoms with E-state index in [0.29, 0.717) is 12.3 Å². The van der Waals surface area contributed by atoms with Crippen molar-refractivity contribution in [3.8, 4) is 17.2 Å². The Kier molecular flexibility index (Phi) is 3.95. The number of hydrogen-bond donors (Lipinski definition) is 0. The van der Waals surface area contributed by atoms with Gasteiger partial charge in [-0.15, -0.1) is 0 Å². The van der Waals surface area contributed by atoms with Gasteiger partial charge in [0.2, 0.25) is 6.79 Å². The summed E-state index contributed by atoms with van der Waals surface area (Å²) in [6.45, 7) is 2.51. The van der Waals surface area contributed by atoms with E-state index in [4.69, 9.17) is 14.2 Å². The van der Waals surface area contributed by atoms with Crippen LogP contribution in [-0.4, -0.2) is 30.2 Å². The molecule has 0 N–H and O–H groups in total. The number of amides is 1. The van der Waals surface area contributed by atoms with Crippen LogP contribution in [0.25, 0.3) is 0 Å². The zero-order valence-corrected chi connectivity index (χ0v) is 13.8. The third kappa shape index (κ3) is 2.99. The maximum absolute atomic E-state index is 13.6. The molecule has 0 aliphatic carbocycles. The first kappa shape index (κ1) is 15.7. The van der Waals surface area contributed by atoms with E-state index >= 15 is 0 Å². The fourth-order valence-electron chi connectivity index (χ4n) is 3.25. The van der Waals surface area contributed by atoms with Gasteiger partial charge in [0.15, 0.2) is 29.7 Å². The number of ether oxygens (including phenoxy) is 3. The molecule has 2 heterocycles. The van der Waals surface area contributed by atoms with Gasteiger partial charge < -0.3 is 19.1 Å². The molecule has 1 atom stereocenters. The lowest BCUT2D eigenvalue weighted by Crippen LogP contribution is -2.44. The third-order valence-electron chi connectivity index (χ3n) is 4.59. The van der Waals surface area contributed by atoms with E-state index in [2.05, 4.69) is 0 Å². The molecular formula is C19H18FNO4. The van der Waals surface area contributed by atoms with E-state index in [1.54, 1.807) is 17.0 Å². The summed E-state index contributed by atoms with van der Waals surface area (Å²) in [6.07, 6.45) is 0.734. The zero-order valence-electron chi connectivity index (χ0n) is 13.8. The molecule has 0 aromatic heterocycles. The molecule has 0 saturated carbocycles. The smallest absolute Gasteiger partial charge is 0.261 e. The molecule has 2 aromatic carbocycles. The van der Waals surface area contributed by atoms with Crippen molar-refractivity contribution in [1.82, 2.24) is 4.90 Å². The first-order chi connectivity index (χ1) is 12.1. The van der Waals surface area contributed by atoms with Gasteiger partial charge in [0, 0.05) is 12.6 Å². The Morgan fingerprint density at radius 2 is 1.96 bits per heavy atom. The van der Waals surface area contributed by atoms with E-state index in [1.807, 2.05) is 19.1 Å². The van der Waals surface area contributed by atoms with Crippen LogP contribution in [0, 0.1) is 5.82 Å². The molecule has 0 bridgehead atoms. The van der Waals surface area contributed by atoms with Crippen molar-refractivity contribution in [2.24, 2.45) is 0 Å². The minimum atomic E-state index is -0.472. The molecule has 2 aliphatic rings. The van der Waals surface area contributed by atoms with Gasteiger partial charge in [-0.05, 0) is 48.7 Å². The highest BCUT2D eigenvalue weighted by Gasteiger charge is 2.29. The summed E-state index contributed by atoms with van der Waals surface area (Å²) in [5, 5.41) is 0. The Balaban J connectivity index is 1.47. The van der Waals surface area contributed by atoms with Gasteiger partial charge in [-0.25, -0.2) is 4.39 Å². The maximum Gasteiger partial charge on any atom is 0.261 e. The fraction of sp³-hybridized carbons (Fsp3) is 0.316. The van der Waals surface area contributed by atoms with Gasteiger partial charge in [-0.1, -0.05) is 12.1 Å². The van der Waals surface area contributed by atoms with Crippen LogP contribution in [-0.2, 0) is 17.8 Å². The average Bonchev–Trinajstić information content (AvgIpc) is 3.05. The maximum atomic E-state index is 13.6. The molecule has 0 spiro atoms. The molecule has 2 aromatic rings. The second-order valence-corrected chi connectivity index (χ2v) is 6.27. The van der Waals surface area contributed by atoms with Crippen LogP contribution in [0.5, 0.6) is 17.2 Å². The van der Waals surface area contributed by atoms with Crippen molar-refractivity contribution >= 4 is 5.91 Å². The molecule has 4 rings (SSSR count). The molecular weight excluding hydrogens is 325 g/mol. The van der Waals surface area contributed by atoms with Gasteiger partial charge in [-0.2, -0.15) is 0 Å². The van der Waals surface area contributed by atoms with Crippen LogP contribution in [0.4, 0.5) is 4.39 Å². The first-order valence-corrected chi connectivity index (χ1v) is 8.20. The van der Waals surface area contributed by atoms with Gasteiger partial charge in [0.05, 0.1) is 0 Å². The minimum absolute atomic E-state index is 0.0320. The largest absolute Gasteiger partial charge is 0.481 e. The molecule has 6 heteroatoms. The van der Waals surface area contributed by atoms with Crippen LogP contribution in [0.2, 0.25) is 0 Å². The predicted molar refractivity (Wildman–Crippen MR) is 88.2 cm³/mol. The van der Waals surface area contributed by atoms with E-state index in [1.165, 1.54) is 12.1 Å². The molecule has 25 heavy (non-hydrogen) atoms. The number of carbonyl (C=O) groups is 1. The standard InChI is InChI=1S/C19H18FNO4/c1-12-6-13-7-17-18(25-11-24-17)8-14(13)9-21(12)19(22)10-23-16-5-3-2-4-15(16)20/h2-5,7-8,12H,6,9-11H2,1H3. The van der Waals surface area contributed by atoms with Gasteiger partial charge >= 0.3 is 0 Å². The van der Waals surface area contributed by atoms with Gasteiger partial charge in [0.1, 0.15) is 0 Å². The van der Waals surface area contributed by atoms with E-state index in [-0.39, 0.29) is 31.1 Å². The van der Waals surface area contributed by atoms with E-state index < -0.39 is 5.82 Å². The summed E-state index contributed by atoms with van der Waals surface area (Å²) in [5.41, 5.74) is 2.21. The number of carbonyl (C=O) groups excluding carboxylic acids is 1. The molecule has 0 saturated heterocycles. The van der Waals surface area contributed by atoms with Crippen LogP contribution >= 0.6 is 0 Å². The molecule has 0 radical (unpaired) electrons. The summed E-state index contributed by atoms with van der Waals surface area (Å²) in [5.74, 6) is 0.917. The first-order valence-electron chi connectivity index (χ1n) is 8.20. The van der Waals surface area contributed by atoms with E-state index in [9.17, 15) is 9.18 Å². The summed E-state index contributed by atoms with van der Waals surface area (Å²) in [4.78, 5) is 14.3. The third-order valence-corrected chi connectivity index (χ3v) is 4.59. The second kappa shape index (κ2) is 6.27. The lowest BCUT2D eigenvalue weighted by molar-refractivity contribution is -0.136. The van der Waals surface area contributed by atoms with Gasteiger partial charge in [0.25, 0.3) is 5.91 Å². The van der Waals surface area contributed by atoms with Gasteiger partial charge in [-0.3, -0.25) is 4.79 Å². The summed E-state index contributed by atoms with van der Waals surface area (Å²) < 4.78 is 29.8. The number of hydrogen-bond acceptors (Lipinski definition) is 4. The van der Waals surface area contributed by atoms with Crippen LogP contribution < -0.4 is 14.2 Å². The summed E-state index contributed by atoms with van der Waals surface area (Å²) in [7, 11) is 0. The minimum Gasteiger partial charge on any atom is -0.481 e. The highest BCUT2D eigenvalue weighted by atomic mass is 19.1. The topological polar surface area (TPSA) is 48.0 Å². The zero-order chi connectivity index (χ0) is 17.4. The van der Waals surface area contributed by atoms with Crippen molar-refractivity contribution in [2.45, 2.75) is 25.9 Å². The van der Waals surface area contributed by atoms with Crippen molar-refractivity contribution in [3.63, 3.8) is 0 Å². The van der Waals surface area contributed by atoms with Crippen molar-refractivity contribution in [2.75, 3.05) is 13.4 Å². The number of rotatable bonds is 3. The number of halogens is 1. The number of para-hydroxylation sites is 1. The fourth-order valence-corrected chi connectivity index (χ4v) is 3.25. The van der Waals surface area contributed by atoms with E-state index in [0.717, 1.165) is 23.3 Å². The Bertz CT molecular complexity index is 823. The molecule has 1 unspecified atom stereocenters. The Morgan fingerprint density at radius 3 is 2.72 bits per heavy atom. The van der Waals surface area contributed by atoms with Crippen molar-refractivity contribution < 1.29 is 23.4 Å². The molecule has 2 aliphatic heterocycles. The Morgan fingerprint density at radius 1 is 1.24 bits per heavy atom.